The lowest BCUT2D eigenvalue weighted by Gasteiger charge is -2.17. The van der Waals surface area contributed by atoms with E-state index < -0.39 is 16.1 Å². The van der Waals surface area contributed by atoms with Crippen molar-refractivity contribution in [2.45, 2.75) is 13.0 Å². The van der Waals surface area contributed by atoms with E-state index in [1.807, 2.05) is 30.3 Å². The number of aromatic amines is 1. The molecule has 8 heteroatoms. The predicted octanol–water partition coefficient (Wildman–Crippen LogP) is 1.27. The zero-order valence-electron chi connectivity index (χ0n) is 12.1. The Morgan fingerprint density at radius 2 is 2.00 bits per heavy atom. The van der Waals surface area contributed by atoms with Crippen molar-refractivity contribution in [3.05, 3.63) is 30.3 Å². The Labute approximate surface area is 124 Å². The van der Waals surface area contributed by atoms with Gasteiger partial charge in [0.15, 0.2) is 5.82 Å². The van der Waals surface area contributed by atoms with Crippen LogP contribution >= 0.6 is 0 Å². The van der Waals surface area contributed by atoms with Gasteiger partial charge >= 0.3 is 0 Å². The third-order valence-electron chi connectivity index (χ3n) is 3.07. The molecule has 2 aromatic rings. The Hall–Kier alpha value is -1.93. The molecule has 1 N–H and O–H groups in total. The van der Waals surface area contributed by atoms with Crippen molar-refractivity contribution in [1.29, 1.82) is 0 Å². The second-order valence-corrected chi connectivity index (χ2v) is 6.69. The maximum Gasteiger partial charge on any atom is 0.258 e. The molecule has 0 spiro atoms. The van der Waals surface area contributed by atoms with Crippen LogP contribution in [0.1, 0.15) is 6.92 Å². The molecule has 1 atom stereocenters. The van der Waals surface area contributed by atoms with Gasteiger partial charge in [-0.05, 0) is 6.92 Å². The van der Waals surface area contributed by atoms with Crippen LogP contribution in [0.3, 0.4) is 0 Å². The minimum Gasteiger partial charge on any atom is -0.381 e. The first-order valence-electron chi connectivity index (χ1n) is 6.41. The molecule has 0 fully saturated rings. The zero-order valence-corrected chi connectivity index (χ0v) is 13.0. The molecule has 0 bridgehead atoms. The number of hydrogen-bond donors (Lipinski definition) is 1. The van der Waals surface area contributed by atoms with Gasteiger partial charge in [0.25, 0.3) is 5.95 Å². The van der Waals surface area contributed by atoms with Crippen LogP contribution in [-0.2, 0) is 14.8 Å². The molecular weight excluding hydrogens is 292 g/mol. The number of methoxy groups -OCH3 is 1. The smallest absolute Gasteiger partial charge is 0.258 e. The van der Waals surface area contributed by atoms with Crippen LogP contribution in [0.4, 0.5) is 5.95 Å². The van der Waals surface area contributed by atoms with Gasteiger partial charge in [-0.25, -0.2) is 12.7 Å². The molecule has 7 nitrogen and oxygen atoms in total. The van der Waals surface area contributed by atoms with Crippen molar-refractivity contribution >= 4 is 16.0 Å². The van der Waals surface area contributed by atoms with E-state index in [1.54, 1.807) is 6.92 Å². The van der Waals surface area contributed by atoms with Gasteiger partial charge < -0.3 is 4.74 Å². The largest absolute Gasteiger partial charge is 0.381 e. The average Bonchev–Trinajstić information content (AvgIpc) is 2.96. The van der Waals surface area contributed by atoms with E-state index in [4.69, 9.17) is 4.74 Å². The normalized spacial score (nSPS) is 13.1. The van der Waals surface area contributed by atoms with Crippen LogP contribution in [-0.4, -0.2) is 49.6 Å². The van der Waals surface area contributed by atoms with E-state index in [2.05, 4.69) is 15.2 Å². The number of ether oxygens (including phenoxy) is 1. The molecule has 1 unspecified atom stereocenters. The Morgan fingerprint density at radius 1 is 1.33 bits per heavy atom. The van der Waals surface area contributed by atoms with Gasteiger partial charge in [0, 0.05) is 19.7 Å². The van der Waals surface area contributed by atoms with Crippen molar-refractivity contribution in [1.82, 2.24) is 15.2 Å². The number of sulfonamides is 1. The van der Waals surface area contributed by atoms with E-state index >= 15 is 0 Å². The van der Waals surface area contributed by atoms with E-state index in [0.29, 0.717) is 5.82 Å². The maximum absolute atomic E-state index is 12.2. The average molecular weight is 310 g/mol. The monoisotopic (exact) mass is 310 g/mol. The van der Waals surface area contributed by atoms with Crippen molar-refractivity contribution in [3.8, 4) is 11.4 Å². The van der Waals surface area contributed by atoms with Crippen molar-refractivity contribution in [2.24, 2.45) is 0 Å². The number of H-pyrrole nitrogens is 1. The fourth-order valence-electron chi connectivity index (χ4n) is 1.72. The van der Waals surface area contributed by atoms with Crippen LogP contribution in [0.15, 0.2) is 30.3 Å². The first-order valence-corrected chi connectivity index (χ1v) is 8.02. The highest BCUT2D eigenvalue weighted by Crippen LogP contribution is 2.18. The molecule has 0 amide bonds. The van der Waals surface area contributed by atoms with E-state index in [9.17, 15) is 8.42 Å². The van der Waals surface area contributed by atoms with Crippen LogP contribution < -0.4 is 4.31 Å². The van der Waals surface area contributed by atoms with Crippen molar-refractivity contribution in [2.75, 3.05) is 24.2 Å². The van der Waals surface area contributed by atoms with Gasteiger partial charge in [0.05, 0.1) is 11.9 Å². The van der Waals surface area contributed by atoms with Crippen molar-refractivity contribution < 1.29 is 13.2 Å². The topological polar surface area (TPSA) is 88.2 Å². The summed E-state index contributed by atoms with van der Waals surface area (Å²) in [5.41, 5.74) is 0.840. The molecule has 0 aliphatic heterocycles. The number of rotatable bonds is 6. The zero-order chi connectivity index (χ0) is 15.5. The molecule has 2 rings (SSSR count). The predicted molar refractivity (Wildman–Crippen MR) is 80.5 cm³/mol. The third kappa shape index (κ3) is 3.59. The highest BCUT2D eigenvalue weighted by Gasteiger charge is 2.24. The number of hydrogen-bond acceptors (Lipinski definition) is 5. The highest BCUT2D eigenvalue weighted by molar-refractivity contribution is 7.92. The Bertz CT molecular complexity index is 684. The summed E-state index contributed by atoms with van der Waals surface area (Å²) in [7, 11) is -0.631. The number of nitrogens with one attached hydrogen (secondary N) is 1. The van der Waals surface area contributed by atoms with Crippen LogP contribution in [0.2, 0.25) is 0 Å². The molecule has 0 aliphatic carbocycles. The standard InChI is InChI=1S/C13H18N4O3S/c1-10(20-3)9-21(18,19)17(2)13-14-12(15-16-13)11-7-5-4-6-8-11/h4-8,10H,9H2,1-3H3,(H,14,15,16). The maximum atomic E-state index is 12.2. The molecule has 0 saturated carbocycles. The molecular formula is C13H18N4O3S. The summed E-state index contributed by atoms with van der Waals surface area (Å²) in [5.74, 6) is 0.500. The molecule has 1 heterocycles. The van der Waals surface area contributed by atoms with Gasteiger partial charge in [-0.1, -0.05) is 30.3 Å². The summed E-state index contributed by atoms with van der Waals surface area (Å²) in [4.78, 5) is 4.22. The fourth-order valence-corrected chi connectivity index (χ4v) is 3.00. The SMILES string of the molecule is COC(C)CS(=O)(=O)N(C)c1n[nH]c(-c2ccccc2)n1. The molecule has 114 valence electrons. The fraction of sp³-hybridized carbons (Fsp3) is 0.385. The van der Waals surface area contributed by atoms with Crippen LogP contribution in [0.25, 0.3) is 11.4 Å². The summed E-state index contributed by atoms with van der Waals surface area (Å²) < 4.78 is 30.4. The summed E-state index contributed by atoms with van der Waals surface area (Å²) in [6, 6.07) is 9.37. The molecule has 0 radical (unpaired) electrons. The second-order valence-electron chi connectivity index (χ2n) is 4.64. The van der Waals surface area contributed by atoms with Gasteiger partial charge in [-0.3, -0.25) is 5.10 Å². The van der Waals surface area contributed by atoms with Gasteiger partial charge in [0.1, 0.15) is 0 Å². The molecule has 1 aromatic heterocycles. The summed E-state index contributed by atoms with van der Waals surface area (Å²) in [6.45, 7) is 1.69. The molecule has 1 aromatic carbocycles. The van der Waals surface area contributed by atoms with Crippen LogP contribution in [0.5, 0.6) is 0 Å². The minimum absolute atomic E-state index is 0.108. The summed E-state index contributed by atoms with van der Waals surface area (Å²) in [5, 5.41) is 6.71. The van der Waals surface area contributed by atoms with Crippen LogP contribution in [0, 0.1) is 0 Å². The molecule has 21 heavy (non-hydrogen) atoms. The van der Waals surface area contributed by atoms with Gasteiger partial charge in [-0.2, -0.15) is 4.98 Å². The lowest BCUT2D eigenvalue weighted by molar-refractivity contribution is 0.136. The highest BCUT2D eigenvalue weighted by atomic mass is 32.2. The molecule has 0 aliphatic rings. The number of anilines is 1. The lowest BCUT2D eigenvalue weighted by Crippen LogP contribution is -2.34. The van der Waals surface area contributed by atoms with Gasteiger partial charge in [-0.15, -0.1) is 5.10 Å². The quantitative estimate of drug-likeness (QED) is 0.868. The minimum atomic E-state index is -3.53. The lowest BCUT2D eigenvalue weighted by atomic mass is 10.2. The first-order chi connectivity index (χ1) is 9.94. The number of benzene rings is 1. The Balaban J connectivity index is 2.21. The molecule has 0 saturated heterocycles. The Morgan fingerprint density at radius 3 is 2.62 bits per heavy atom. The van der Waals surface area contributed by atoms with E-state index in [0.717, 1.165) is 9.87 Å². The Kier molecular flexibility index (Phi) is 4.59. The third-order valence-corrected chi connectivity index (χ3v) is 4.96. The van der Waals surface area contributed by atoms with E-state index in [-0.39, 0.29) is 11.7 Å². The number of aromatic nitrogens is 3. The summed E-state index contributed by atoms with van der Waals surface area (Å²) >= 11 is 0. The van der Waals surface area contributed by atoms with Gasteiger partial charge in [0.2, 0.25) is 10.0 Å². The van der Waals surface area contributed by atoms with Crippen molar-refractivity contribution in [3.63, 3.8) is 0 Å². The first kappa shape index (κ1) is 15.5. The second kappa shape index (κ2) is 6.23. The number of nitrogens with zero attached hydrogens (tertiary/aromatic N) is 3. The van der Waals surface area contributed by atoms with E-state index in [1.165, 1.54) is 14.2 Å². The summed E-state index contributed by atoms with van der Waals surface area (Å²) in [6.07, 6.45) is -0.398.